The lowest BCUT2D eigenvalue weighted by atomic mass is 9.76. The molecule has 16 heavy (non-hydrogen) atoms. The molecule has 0 aromatic carbocycles. The zero-order valence-corrected chi connectivity index (χ0v) is 9.96. The Bertz CT molecular complexity index is 311. The molecule has 0 bridgehead atoms. The normalized spacial score (nSPS) is 35.0. The third-order valence-corrected chi connectivity index (χ3v) is 3.80. The standard InChI is InChI=1S/C13H21NO2/c1-10-3-2-6-13(8-10,9-15)14-11-4-5-12(16)7-11/h7,10,14-15H,2-6,8-9H2,1H3. The highest BCUT2D eigenvalue weighted by Gasteiger charge is 2.35. The number of aliphatic hydroxyl groups is 1. The Hall–Kier alpha value is -0.830. The van der Waals surface area contributed by atoms with Crippen LogP contribution >= 0.6 is 0 Å². The Balaban J connectivity index is 2.04. The molecule has 1 saturated carbocycles. The van der Waals surface area contributed by atoms with Gasteiger partial charge in [-0.2, -0.15) is 0 Å². The molecule has 3 heteroatoms. The summed E-state index contributed by atoms with van der Waals surface area (Å²) in [6, 6.07) is 0. The fourth-order valence-electron chi connectivity index (χ4n) is 2.99. The van der Waals surface area contributed by atoms with Crippen LogP contribution in [0.25, 0.3) is 0 Å². The molecule has 3 nitrogen and oxygen atoms in total. The van der Waals surface area contributed by atoms with Gasteiger partial charge in [-0.1, -0.05) is 19.8 Å². The lowest BCUT2D eigenvalue weighted by molar-refractivity contribution is -0.114. The lowest BCUT2D eigenvalue weighted by Gasteiger charge is -2.40. The van der Waals surface area contributed by atoms with Crippen molar-refractivity contribution in [1.29, 1.82) is 0 Å². The first-order valence-corrected chi connectivity index (χ1v) is 6.26. The van der Waals surface area contributed by atoms with E-state index in [-0.39, 0.29) is 17.9 Å². The maximum absolute atomic E-state index is 11.2. The second-order valence-electron chi connectivity index (χ2n) is 5.40. The minimum absolute atomic E-state index is 0.170. The van der Waals surface area contributed by atoms with Crippen LogP contribution in [0.4, 0.5) is 0 Å². The first kappa shape index (κ1) is 11.6. The van der Waals surface area contributed by atoms with Crippen molar-refractivity contribution < 1.29 is 9.90 Å². The molecule has 0 aliphatic heterocycles. The van der Waals surface area contributed by atoms with Gasteiger partial charge in [-0.05, 0) is 25.2 Å². The van der Waals surface area contributed by atoms with Gasteiger partial charge in [0.15, 0.2) is 5.78 Å². The van der Waals surface area contributed by atoms with Crippen molar-refractivity contribution in [1.82, 2.24) is 5.32 Å². The fourth-order valence-corrected chi connectivity index (χ4v) is 2.99. The predicted octanol–water partition coefficient (Wildman–Crippen LogP) is 1.76. The summed E-state index contributed by atoms with van der Waals surface area (Å²) in [4.78, 5) is 11.2. The molecule has 2 rings (SSSR count). The highest BCUT2D eigenvalue weighted by atomic mass is 16.3. The van der Waals surface area contributed by atoms with Crippen molar-refractivity contribution in [3.05, 3.63) is 11.8 Å². The summed E-state index contributed by atoms with van der Waals surface area (Å²) >= 11 is 0. The minimum atomic E-state index is -0.173. The van der Waals surface area contributed by atoms with Crippen LogP contribution in [0, 0.1) is 5.92 Å². The Morgan fingerprint density at radius 1 is 1.56 bits per heavy atom. The molecule has 2 aliphatic rings. The molecule has 2 unspecified atom stereocenters. The number of rotatable bonds is 3. The quantitative estimate of drug-likeness (QED) is 0.766. The molecule has 0 saturated heterocycles. The molecule has 0 aromatic heterocycles. The summed E-state index contributed by atoms with van der Waals surface area (Å²) in [6.45, 7) is 2.41. The van der Waals surface area contributed by atoms with E-state index in [0.717, 1.165) is 31.4 Å². The average Bonchev–Trinajstić information content (AvgIpc) is 2.64. The minimum Gasteiger partial charge on any atom is -0.394 e. The van der Waals surface area contributed by atoms with E-state index in [1.807, 2.05) is 0 Å². The molecule has 0 spiro atoms. The molecule has 2 atom stereocenters. The maximum Gasteiger partial charge on any atom is 0.157 e. The van der Waals surface area contributed by atoms with Gasteiger partial charge in [0.25, 0.3) is 0 Å². The summed E-state index contributed by atoms with van der Waals surface area (Å²) in [5, 5.41) is 13.0. The number of ketones is 1. The Kier molecular flexibility index (Phi) is 3.33. The van der Waals surface area contributed by atoms with Gasteiger partial charge in [-0.15, -0.1) is 0 Å². The number of carbonyl (C=O) groups is 1. The smallest absolute Gasteiger partial charge is 0.157 e. The van der Waals surface area contributed by atoms with Gasteiger partial charge in [-0.3, -0.25) is 4.79 Å². The van der Waals surface area contributed by atoms with Crippen LogP contribution in [-0.2, 0) is 4.79 Å². The second-order valence-corrected chi connectivity index (χ2v) is 5.40. The van der Waals surface area contributed by atoms with Crippen LogP contribution in [0.2, 0.25) is 0 Å². The van der Waals surface area contributed by atoms with Crippen molar-refractivity contribution in [3.63, 3.8) is 0 Å². The van der Waals surface area contributed by atoms with Crippen molar-refractivity contribution in [2.75, 3.05) is 6.61 Å². The molecular weight excluding hydrogens is 202 g/mol. The van der Waals surface area contributed by atoms with Gasteiger partial charge < -0.3 is 10.4 Å². The first-order chi connectivity index (χ1) is 7.63. The summed E-state index contributed by atoms with van der Waals surface area (Å²) in [6.07, 6.45) is 7.58. The molecule has 0 heterocycles. The number of allylic oxidation sites excluding steroid dienone is 2. The van der Waals surface area contributed by atoms with Crippen molar-refractivity contribution in [2.24, 2.45) is 5.92 Å². The molecule has 2 aliphatic carbocycles. The molecule has 0 radical (unpaired) electrons. The van der Waals surface area contributed by atoms with Crippen LogP contribution in [0.15, 0.2) is 11.8 Å². The maximum atomic E-state index is 11.2. The molecular formula is C13H21NO2. The van der Waals surface area contributed by atoms with E-state index in [0.29, 0.717) is 12.3 Å². The zero-order chi connectivity index (χ0) is 11.6. The number of hydrogen-bond acceptors (Lipinski definition) is 3. The van der Waals surface area contributed by atoms with Gasteiger partial charge in [0, 0.05) is 18.2 Å². The van der Waals surface area contributed by atoms with Crippen molar-refractivity contribution in [3.8, 4) is 0 Å². The zero-order valence-electron chi connectivity index (χ0n) is 9.96. The molecule has 0 amide bonds. The number of hydrogen-bond donors (Lipinski definition) is 2. The van der Waals surface area contributed by atoms with Crippen LogP contribution in [0.3, 0.4) is 0 Å². The van der Waals surface area contributed by atoms with E-state index >= 15 is 0 Å². The lowest BCUT2D eigenvalue weighted by Crippen LogP contribution is -2.50. The molecule has 2 N–H and O–H groups in total. The average molecular weight is 223 g/mol. The van der Waals surface area contributed by atoms with E-state index in [1.165, 1.54) is 6.42 Å². The number of nitrogens with one attached hydrogen (secondary N) is 1. The molecule has 0 aromatic rings. The molecule has 1 fully saturated rings. The first-order valence-electron chi connectivity index (χ1n) is 6.26. The summed E-state index contributed by atoms with van der Waals surface area (Å²) in [5.74, 6) is 0.866. The summed E-state index contributed by atoms with van der Waals surface area (Å²) < 4.78 is 0. The van der Waals surface area contributed by atoms with E-state index in [4.69, 9.17) is 0 Å². The topological polar surface area (TPSA) is 49.3 Å². The van der Waals surface area contributed by atoms with Crippen LogP contribution in [-0.4, -0.2) is 23.0 Å². The van der Waals surface area contributed by atoms with Crippen LogP contribution in [0.5, 0.6) is 0 Å². The van der Waals surface area contributed by atoms with Crippen LogP contribution in [0.1, 0.15) is 45.4 Å². The Labute approximate surface area is 96.9 Å². The third kappa shape index (κ3) is 2.46. The van der Waals surface area contributed by atoms with Gasteiger partial charge in [0.2, 0.25) is 0 Å². The summed E-state index contributed by atoms with van der Waals surface area (Å²) in [7, 11) is 0. The number of aliphatic hydroxyl groups excluding tert-OH is 1. The SMILES string of the molecule is CC1CCCC(CO)(NC2=CC(=O)CC2)C1. The number of carbonyl (C=O) groups excluding carboxylic acids is 1. The van der Waals surface area contributed by atoms with E-state index in [2.05, 4.69) is 12.2 Å². The summed E-state index contributed by atoms with van der Waals surface area (Å²) in [5.41, 5.74) is 0.849. The fraction of sp³-hybridized carbons (Fsp3) is 0.769. The van der Waals surface area contributed by atoms with E-state index in [9.17, 15) is 9.90 Å². The van der Waals surface area contributed by atoms with E-state index < -0.39 is 0 Å². The van der Waals surface area contributed by atoms with Gasteiger partial charge in [-0.25, -0.2) is 0 Å². The third-order valence-electron chi connectivity index (χ3n) is 3.80. The Morgan fingerprint density at radius 3 is 2.94 bits per heavy atom. The van der Waals surface area contributed by atoms with Gasteiger partial charge >= 0.3 is 0 Å². The highest BCUT2D eigenvalue weighted by molar-refractivity contribution is 5.92. The molecule has 90 valence electrons. The largest absolute Gasteiger partial charge is 0.394 e. The monoisotopic (exact) mass is 223 g/mol. The van der Waals surface area contributed by atoms with E-state index in [1.54, 1.807) is 6.08 Å². The van der Waals surface area contributed by atoms with Gasteiger partial charge in [0.05, 0.1) is 12.1 Å². The predicted molar refractivity (Wildman–Crippen MR) is 62.9 cm³/mol. The van der Waals surface area contributed by atoms with Crippen LogP contribution < -0.4 is 5.32 Å². The van der Waals surface area contributed by atoms with Crippen molar-refractivity contribution in [2.45, 2.75) is 51.0 Å². The second kappa shape index (κ2) is 4.58. The Morgan fingerprint density at radius 2 is 2.38 bits per heavy atom. The highest BCUT2D eigenvalue weighted by Crippen LogP contribution is 2.33. The van der Waals surface area contributed by atoms with Gasteiger partial charge in [0.1, 0.15) is 0 Å². The van der Waals surface area contributed by atoms with Crippen molar-refractivity contribution >= 4 is 5.78 Å².